The van der Waals surface area contributed by atoms with Gasteiger partial charge < -0.3 is 9.47 Å². The van der Waals surface area contributed by atoms with Crippen molar-refractivity contribution in [1.82, 2.24) is 0 Å². The molecule has 2 heteroatoms. The molecule has 0 bridgehead atoms. The lowest BCUT2D eigenvalue weighted by molar-refractivity contribution is 0.123. The van der Waals surface area contributed by atoms with Gasteiger partial charge >= 0.3 is 0 Å². The van der Waals surface area contributed by atoms with E-state index in [-0.39, 0.29) is 6.10 Å². The van der Waals surface area contributed by atoms with Crippen molar-refractivity contribution in [3.05, 3.63) is 24.5 Å². The fourth-order valence-corrected chi connectivity index (χ4v) is 0.952. The van der Waals surface area contributed by atoms with Crippen LogP contribution in [-0.4, -0.2) is 20.3 Å². The summed E-state index contributed by atoms with van der Waals surface area (Å²) >= 11 is 0. The van der Waals surface area contributed by atoms with E-state index in [1.165, 1.54) is 0 Å². The number of hydrogen-bond acceptors (Lipinski definition) is 2. The number of ether oxygens (including phenoxy) is 2. The van der Waals surface area contributed by atoms with Crippen LogP contribution in [0.15, 0.2) is 24.5 Å². The van der Waals surface area contributed by atoms with Crippen LogP contribution in [0.2, 0.25) is 0 Å². The molecule has 0 amide bonds. The van der Waals surface area contributed by atoms with Gasteiger partial charge in [0.05, 0.1) is 19.0 Å². The molecule has 0 saturated heterocycles. The predicted octanol–water partition coefficient (Wildman–Crippen LogP) is 2.91. The molecule has 0 aliphatic rings. The fraction of sp³-hybridized carbons (Fsp3) is 0.636. The monoisotopic (exact) mass is 184 g/mol. The summed E-state index contributed by atoms with van der Waals surface area (Å²) in [5.41, 5.74) is 0. The first-order chi connectivity index (χ1) is 6.24. The molecule has 0 fully saturated rings. The average molecular weight is 184 g/mol. The van der Waals surface area contributed by atoms with E-state index < -0.39 is 0 Å². The summed E-state index contributed by atoms with van der Waals surface area (Å²) in [5.74, 6) is 0.757. The molecular weight excluding hydrogens is 164 g/mol. The van der Waals surface area contributed by atoms with Crippen LogP contribution < -0.4 is 0 Å². The van der Waals surface area contributed by atoms with Gasteiger partial charge in [-0.05, 0) is 6.42 Å². The maximum absolute atomic E-state index is 5.24. The minimum Gasteiger partial charge on any atom is -0.502 e. The van der Waals surface area contributed by atoms with Gasteiger partial charge in [0.25, 0.3) is 0 Å². The molecule has 13 heavy (non-hydrogen) atoms. The lowest BCUT2D eigenvalue weighted by atomic mass is 10.2. The molecule has 0 radical (unpaired) electrons. The van der Waals surface area contributed by atoms with Gasteiger partial charge in [0.1, 0.15) is 0 Å². The number of hydrogen-bond donors (Lipinski definition) is 0. The highest BCUT2D eigenvalue weighted by molar-refractivity contribution is 4.96. The number of methoxy groups -OCH3 is 2. The van der Waals surface area contributed by atoms with Crippen LogP contribution in [0, 0.1) is 0 Å². The smallest absolute Gasteiger partial charge is 0.0913 e. The van der Waals surface area contributed by atoms with E-state index in [1.807, 2.05) is 0 Å². The van der Waals surface area contributed by atoms with Gasteiger partial charge in [0.2, 0.25) is 0 Å². The van der Waals surface area contributed by atoms with Gasteiger partial charge in [-0.3, -0.25) is 0 Å². The highest BCUT2D eigenvalue weighted by atomic mass is 16.5. The van der Waals surface area contributed by atoms with Crippen LogP contribution in [0.25, 0.3) is 0 Å². The quantitative estimate of drug-likeness (QED) is 0.447. The van der Waals surface area contributed by atoms with Crippen molar-refractivity contribution in [2.24, 2.45) is 0 Å². The normalized spacial score (nSPS) is 13.2. The Labute approximate surface area is 81.2 Å². The topological polar surface area (TPSA) is 18.5 Å². The first-order valence-corrected chi connectivity index (χ1v) is 4.65. The van der Waals surface area contributed by atoms with Crippen molar-refractivity contribution in [3.8, 4) is 0 Å². The highest BCUT2D eigenvalue weighted by Gasteiger charge is 2.04. The van der Waals surface area contributed by atoms with Crippen molar-refractivity contribution < 1.29 is 9.47 Å². The molecule has 0 aromatic heterocycles. The molecule has 0 heterocycles. The van der Waals surface area contributed by atoms with E-state index in [4.69, 9.17) is 9.47 Å². The number of allylic oxidation sites excluding steroid dienone is 1. The van der Waals surface area contributed by atoms with Crippen LogP contribution in [0.5, 0.6) is 0 Å². The second kappa shape index (κ2) is 7.87. The van der Waals surface area contributed by atoms with Crippen molar-refractivity contribution in [1.29, 1.82) is 0 Å². The van der Waals surface area contributed by atoms with Crippen LogP contribution in [0.4, 0.5) is 0 Å². The Morgan fingerprint density at radius 1 is 1.46 bits per heavy atom. The average Bonchev–Trinajstić information content (AvgIpc) is 2.16. The van der Waals surface area contributed by atoms with E-state index in [9.17, 15) is 0 Å². The SMILES string of the molecule is C=C(CC(/C=C/CCC)OC)OC. The number of unbranched alkanes of at least 4 members (excludes halogenated alkanes) is 1. The Morgan fingerprint density at radius 2 is 2.15 bits per heavy atom. The first-order valence-electron chi connectivity index (χ1n) is 4.65. The first kappa shape index (κ1) is 12.2. The zero-order valence-electron chi connectivity index (χ0n) is 8.88. The molecular formula is C11H20O2. The third kappa shape index (κ3) is 6.41. The van der Waals surface area contributed by atoms with E-state index in [1.54, 1.807) is 14.2 Å². The molecule has 2 nitrogen and oxygen atoms in total. The van der Waals surface area contributed by atoms with E-state index in [0.717, 1.165) is 25.0 Å². The molecule has 1 atom stereocenters. The molecule has 76 valence electrons. The van der Waals surface area contributed by atoms with Crippen molar-refractivity contribution in [3.63, 3.8) is 0 Å². The van der Waals surface area contributed by atoms with Crippen LogP contribution in [0.3, 0.4) is 0 Å². The minimum atomic E-state index is 0.0963. The molecule has 0 aromatic rings. The lowest BCUT2D eigenvalue weighted by Crippen LogP contribution is -2.08. The van der Waals surface area contributed by atoms with Crippen LogP contribution in [-0.2, 0) is 9.47 Å². The van der Waals surface area contributed by atoms with Gasteiger partial charge in [0.15, 0.2) is 0 Å². The Balaban J connectivity index is 3.81. The fourth-order valence-electron chi connectivity index (χ4n) is 0.952. The van der Waals surface area contributed by atoms with E-state index in [0.29, 0.717) is 0 Å². The predicted molar refractivity (Wildman–Crippen MR) is 55.6 cm³/mol. The maximum atomic E-state index is 5.24. The lowest BCUT2D eigenvalue weighted by Gasteiger charge is -2.11. The summed E-state index contributed by atoms with van der Waals surface area (Å²) in [6.07, 6.45) is 7.29. The zero-order valence-corrected chi connectivity index (χ0v) is 8.88. The standard InChI is InChI=1S/C11H20O2/c1-5-6-7-8-11(13-4)9-10(2)12-3/h7-8,11H,2,5-6,9H2,1,3-4H3/b8-7+. The molecule has 0 spiro atoms. The summed E-state index contributed by atoms with van der Waals surface area (Å²) in [6.45, 7) is 5.91. The summed E-state index contributed by atoms with van der Waals surface area (Å²) in [4.78, 5) is 0. The number of rotatable bonds is 7. The third-order valence-corrected chi connectivity index (χ3v) is 1.83. The largest absolute Gasteiger partial charge is 0.502 e. The molecule has 0 aliphatic heterocycles. The van der Waals surface area contributed by atoms with Crippen molar-refractivity contribution >= 4 is 0 Å². The van der Waals surface area contributed by atoms with Gasteiger partial charge in [-0.1, -0.05) is 32.1 Å². The van der Waals surface area contributed by atoms with Crippen LogP contribution in [0.1, 0.15) is 26.2 Å². The minimum absolute atomic E-state index is 0.0963. The van der Waals surface area contributed by atoms with Gasteiger partial charge in [-0.15, -0.1) is 0 Å². The molecule has 0 rings (SSSR count). The second-order valence-electron chi connectivity index (χ2n) is 2.94. The summed E-state index contributed by atoms with van der Waals surface area (Å²) in [6, 6.07) is 0. The van der Waals surface area contributed by atoms with Crippen molar-refractivity contribution in [2.45, 2.75) is 32.3 Å². The zero-order chi connectivity index (χ0) is 10.1. The Hall–Kier alpha value is -0.760. The molecule has 0 aliphatic carbocycles. The second-order valence-corrected chi connectivity index (χ2v) is 2.94. The van der Waals surface area contributed by atoms with Gasteiger partial charge in [-0.2, -0.15) is 0 Å². The Bertz CT molecular complexity index is 161. The van der Waals surface area contributed by atoms with Crippen molar-refractivity contribution in [2.75, 3.05) is 14.2 Å². The summed E-state index contributed by atoms with van der Waals surface area (Å²) in [7, 11) is 3.33. The Kier molecular flexibility index (Phi) is 7.41. The summed E-state index contributed by atoms with van der Waals surface area (Å²) in [5, 5.41) is 0. The summed E-state index contributed by atoms with van der Waals surface area (Å²) < 4.78 is 10.2. The van der Waals surface area contributed by atoms with Gasteiger partial charge in [-0.25, -0.2) is 0 Å². The molecule has 0 aromatic carbocycles. The van der Waals surface area contributed by atoms with E-state index in [2.05, 4.69) is 25.7 Å². The van der Waals surface area contributed by atoms with E-state index >= 15 is 0 Å². The third-order valence-electron chi connectivity index (χ3n) is 1.83. The molecule has 1 unspecified atom stereocenters. The van der Waals surface area contributed by atoms with Crippen LogP contribution >= 0.6 is 0 Å². The molecule has 0 N–H and O–H groups in total. The molecule has 0 saturated carbocycles. The van der Waals surface area contributed by atoms with Gasteiger partial charge in [0, 0.05) is 13.5 Å². The highest BCUT2D eigenvalue weighted by Crippen LogP contribution is 2.08. The maximum Gasteiger partial charge on any atom is 0.0913 e. The Morgan fingerprint density at radius 3 is 2.62 bits per heavy atom.